The lowest BCUT2D eigenvalue weighted by atomic mass is 9.92. The third kappa shape index (κ3) is 1.86. The molecule has 0 aromatic carbocycles. The summed E-state index contributed by atoms with van der Waals surface area (Å²) >= 11 is 0. The third-order valence-corrected chi connectivity index (χ3v) is 2.88. The van der Waals surface area contributed by atoms with Crippen molar-refractivity contribution in [1.29, 1.82) is 0 Å². The molecule has 0 spiro atoms. The lowest BCUT2D eigenvalue weighted by molar-refractivity contribution is 0.367. The SMILES string of the molecule is C=C1CCC(C)C(C)CC1. The van der Waals surface area contributed by atoms with Crippen molar-refractivity contribution >= 4 is 0 Å². The highest BCUT2D eigenvalue weighted by atomic mass is 14.2. The standard InChI is InChI=1S/C10H18/c1-8-4-6-9(2)10(3)7-5-8/h9-10H,1,4-7H2,2-3H3. The number of rotatable bonds is 0. The van der Waals surface area contributed by atoms with Crippen LogP contribution in [0.15, 0.2) is 12.2 Å². The van der Waals surface area contributed by atoms with Crippen molar-refractivity contribution in [3.05, 3.63) is 12.2 Å². The van der Waals surface area contributed by atoms with Gasteiger partial charge in [0, 0.05) is 0 Å². The summed E-state index contributed by atoms with van der Waals surface area (Å²) in [5.41, 5.74) is 1.47. The molecule has 0 amide bonds. The van der Waals surface area contributed by atoms with Gasteiger partial charge in [-0.05, 0) is 37.5 Å². The van der Waals surface area contributed by atoms with Crippen LogP contribution < -0.4 is 0 Å². The number of hydrogen-bond acceptors (Lipinski definition) is 0. The van der Waals surface area contributed by atoms with Gasteiger partial charge in [-0.1, -0.05) is 26.0 Å². The molecular weight excluding hydrogens is 120 g/mol. The zero-order chi connectivity index (χ0) is 7.56. The van der Waals surface area contributed by atoms with Crippen LogP contribution in [0.5, 0.6) is 0 Å². The molecule has 10 heavy (non-hydrogen) atoms. The zero-order valence-electron chi connectivity index (χ0n) is 7.19. The Balaban J connectivity index is 2.46. The Bertz CT molecular complexity index is 110. The van der Waals surface area contributed by atoms with Crippen LogP contribution in [0.3, 0.4) is 0 Å². The summed E-state index contributed by atoms with van der Waals surface area (Å²) in [7, 11) is 0. The molecule has 0 aromatic rings. The van der Waals surface area contributed by atoms with E-state index in [0.717, 1.165) is 11.8 Å². The maximum atomic E-state index is 4.04. The Hall–Kier alpha value is -0.260. The van der Waals surface area contributed by atoms with Gasteiger partial charge in [-0.3, -0.25) is 0 Å². The molecule has 1 fully saturated rings. The Kier molecular flexibility index (Phi) is 2.53. The normalized spacial score (nSPS) is 35.6. The van der Waals surface area contributed by atoms with Gasteiger partial charge in [-0.25, -0.2) is 0 Å². The van der Waals surface area contributed by atoms with E-state index in [2.05, 4.69) is 20.4 Å². The van der Waals surface area contributed by atoms with Gasteiger partial charge in [0.1, 0.15) is 0 Å². The van der Waals surface area contributed by atoms with Crippen LogP contribution in [0.1, 0.15) is 39.5 Å². The van der Waals surface area contributed by atoms with E-state index in [4.69, 9.17) is 0 Å². The van der Waals surface area contributed by atoms with Crippen molar-refractivity contribution in [2.45, 2.75) is 39.5 Å². The quantitative estimate of drug-likeness (QED) is 0.355. The van der Waals surface area contributed by atoms with Crippen LogP contribution in [0, 0.1) is 11.8 Å². The minimum atomic E-state index is 0.916. The van der Waals surface area contributed by atoms with Gasteiger partial charge in [0.05, 0.1) is 0 Å². The van der Waals surface area contributed by atoms with Crippen molar-refractivity contribution < 1.29 is 0 Å². The highest BCUT2D eigenvalue weighted by molar-refractivity contribution is 4.96. The molecule has 0 aromatic heterocycles. The van der Waals surface area contributed by atoms with Crippen LogP contribution in [0.25, 0.3) is 0 Å². The van der Waals surface area contributed by atoms with Gasteiger partial charge in [0.15, 0.2) is 0 Å². The molecule has 0 saturated heterocycles. The van der Waals surface area contributed by atoms with E-state index in [1.54, 1.807) is 0 Å². The first-order valence-electron chi connectivity index (χ1n) is 4.37. The van der Waals surface area contributed by atoms with Crippen LogP contribution in [-0.4, -0.2) is 0 Å². The average Bonchev–Trinajstić information content (AvgIpc) is 2.04. The Labute approximate surface area is 64.3 Å². The molecular formula is C10H18. The summed E-state index contributed by atoms with van der Waals surface area (Å²) < 4.78 is 0. The molecule has 0 bridgehead atoms. The first-order chi connectivity index (χ1) is 4.70. The molecule has 1 aliphatic carbocycles. The van der Waals surface area contributed by atoms with E-state index >= 15 is 0 Å². The second-order valence-corrected chi connectivity index (χ2v) is 3.78. The van der Waals surface area contributed by atoms with E-state index in [9.17, 15) is 0 Å². The molecule has 2 atom stereocenters. The number of allylic oxidation sites excluding steroid dienone is 1. The second-order valence-electron chi connectivity index (χ2n) is 3.78. The first kappa shape index (κ1) is 7.84. The van der Waals surface area contributed by atoms with Gasteiger partial charge in [0.25, 0.3) is 0 Å². The zero-order valence-corrected chi connectivity index (χ0v) is 7.19. The van der Waals surface area contributed by atoms with Gasteiger partial charge < -0.3 is 0 Å². The third-order valence-electron chi connectivity index (χ3n) is 2.88. The van der Waals surface area contributed by atoms with Gasteiger partial charge in [-0.15, -0.1) is 0 Å². The molecule has 0 N–H and O–H groups in total. The van der Waals surface area contributed by atoms with Gasteiger partial charge in [0.2, 0.25) is 0 Å². The molecule has 0 heterocycles. The van der Waals surface area contributed by atoms with E-state index in [0.29, 0.717) is 0 Å². The fourth-order valence-electron chi connectivity index (χ4n) is 1.56. The van der Waals surface area contributed by atoms with E-state index in [1.807, 2.05) is 0 Å². The molecule has 58 valence electrons. The summed E-state index contributed by atoms with van der Waals surface area (Å²) in [5.74, 6) is 1.83. The number of hydrogen-bond donors (Lipinski definition) is 0. The highest BCUT2D eigenvalue weighted by Crippen LogP contribution is 2.29. The Morgan fingerprint density at radius 2 is 1.50 bits per heavy atom. The minimum Gasteiger partial charge on any atom is -0.0999 e. The smallest absolute Gasteiger partial charge is 0.0320 e. The van der Waals surface area contributed by atoms with Crippen LogP contribution in [0.2, 0.25) is 0 Å². The van der Waals surface area contributed by atoms with Crippen molar-refractivity contribution in [2.24, 2.45) is 11.8 Å². The molecule has 0 heteroatoms. The molecule has 0 nitrogen and oxygen atoms in total. The van der Waals surface area contributed by atoms with Crippen molar-refractivity contribution in [2.75, 3.05) is 0 Å². The van der Waals surface area contributed by atoms with E-state index in [-0.39, 0.29) is 0 Å². The predicted molar refractivity (Wildman–Crippen MR) is 45.9 cm³/mol. The lowest BCUT2D eigenvalue weighted by Crippen LogP contribution is -2.04. The van der Waals surface area contributed by atoms with Crippen LogP contribution >= 0.6 is 0 Å². The van der Waals surface area contributed by atoms with Gasteiger partial charge in [-0.2, -0.15) is 0 Å². The largest absolute Gasteiger partial charge is 0.0999 e. The summed E-state index contributed by atoms with van der Waals surface area (Å²) in [6.45, 7) is 8.77. The second kappa shape index (κ2) is 3.23. The highest BCUT2D eigenvalue weighted by Gasteiger charge is 2.16. The molecule has 0 aliphatic heterocycles. The summed E-state index contributed by atoms with van der Waals surface area (Å²) in [6, 6.07) is 0. The Morgan fingerprint density at radius 1 is 1.10 bits per heavy atom. The van der Waals surface area contributed by atoms with Crippen molar-refractivity contribution in [3.63, 3.8) is 0 Å². The summed E-state index contributed by atoms with van der Waals surface area (Å²) in [4.78, 5) is 0. The Morgan fingerprint density at radius 3 is 1.90 bits per heavy atom. The monoisotopic (exact) mass is 138 g/mol. The van der Waals surface area contributed by atoms with Crippen molar-refractivity contribution in [3.8, 4) is 0 Å². The van der Waals surface area contributed by atoms with E-state index in [1.165, 1.54) is 31.3 Å². The van der Waals surface area contributed by atoms with Crippen molar-refractivity contribution in [1.82, 2.24) is 0 Å². The van der Waals surface area contributed by atoms with Gasteiger partial charge >= 0.3 is 0 Å². The minimum absolute atomic E-state index is 0.916. The van der Waals surface area contributed by atoms with E-state index < -0.39 is 0 Å². The first-order valence-corrected chi connectivity index (χ1v) is 4.37. The maximum Gasteiger partial charge on any atom is -0.0320 e. The maximum absolute atomic E-state index is 4.04. The molecule has 1 aliphatic rings. The molecule has 2 unspecified atom stereocenters. The molecule has 1 saturated carbocycles. The predicted octanol–water partition coefficient (Wildman–Crippen LogP) is 3.39. The summed E-state index contributed by atoms with van der Waals surface area (Å²) in [6.07, 6.45) is 5.26. The van der Waals surface area contributed by atoms with Crippen LogP contribution in [-0.2, 0) is 0 Å². The van der Waals surface area contributed by atoms with Crippen LogP contribution in [0.4, 0.5) is 0 Å². The molecule has 1 rings (SSSR count). The summed E-state index contributed by atoms with van der Waals surface area (Å²) in [5, 5.41) is 0. The fraction of sp³-hybridized carbons (Fsp3) is 0.800. The lowest BCUT2D eigenvalue weighted by Gasteiger charge is -2.14. The molecule has 0 radical (unpaired) electrons. The average molecular weight is 138 g/mol. The fourth-order valence-corrected chi connectivity index (χ4v) is 1.56. The topological polar surface area (TPSA) is 0 Å².